The molecule has 1 aliphatic heterocycles. The largest absolute Gasteiger partial charge is 0.469 e. The molecule has 0 spiro atoms. The van der Waals surface area contributed by atoms with Crippen LogP contribution in [0.3, 0.4) is 0 Å². The van der Waals surface area contributed by atoms with Gasteiger partial charge in [-0.25, -0.2) is 0 Å². The van der Waals surface area contributed by atoms with Crippen LogP contribution < -0.4 is 0 Å². The van der Waals surface area contributed by atoms with Crippen molar-refractivity contribution in [2.75, 3.05) is 0 Å². The Hall–Kier alpha value is -2.05. The van der Waals surface area contributed by atoms with E-state index in [4.69, 9.17) is 9.15 Å². The maximum atomic E-state index is 5.88. The highest BCUT2D eigenvalue weighted by Gasteiger charge is 2.28. The van der Waals surface area contributed by atoms with Gasteiger partial charge in [-0.05, 0) is 51.8 Å². The van der Waals surface area contributed by atoms with Gasteiger partial charge in [0.25, 0.3) is 0 Å². The van der Waals surface area contributed by atoms with Gasteiger partial charge in [0.05, 0.1) is 24.0 Å². The average molecular weight is 369 g/mol. The van der Waals surface area contributed by atoms with Gasteiger partial charge in [0.15, 0.2) is 11.0 Å². The molecule has 26 heavy (non-hydrogen) atoms. The Bertz CT molecular complexity index is 864. The van der Waals surface area contributed by atoms with Crippen molar-refractivity contribution >= 4 is 11.8 Å². The number of nitrogens with zero attached hydrogens (tertiary/aromatic N) is 3. The van der Waals surface area contributed by atoms with Crippen LogP contribution in [0.2, 0.25) is 0 Å². The van der Waals surface area contributed by atoms with E-state index in [1.165, 1.54) is 0 Å². The summed E-state index contributed by atoms with van der Waals surface area (Å²) in [6, 6.07) is 12.2. The van der Waals surface area contributed by atoms with Gasteiger partial charge in [0.2, 0.25) is 0 Å². The van der Waals surface area contributed by atoms with Crippen LogP contribution in [0.1, 0.15) is 32.4 Å². The lowest BCUT2D eigenvalue weighted by Gasteiger charge is -2.31. The molecular weight excluding hydrogens is 346 g/mol. The standard InChI is InChI=1S/C20H23N3O2S/c1-13-11-17(12-14(2)25-13)26-20-22-21-19(18-9-10-24-15(18)3)23(20)16-7-5-4-6-8-16/h4-10,13-14,17H,11-12H2,1-3H3/t13-,14+,17?. The highest BCUT2D eigenvalue weighted by atomic mass is 32.2. The van der Waals surface area contributed by atoms with Gasteiger partial charge in [-0.1, -0.05) is 30.0 Å². The zero-order valence-corrected chi connectivity index (χ0v) is 16.1. The molecule has 3 aromatic rings. The number of hydrogen-bond acceptors (Lipinski definition) is 5. The zero-order chi connectivity index (χ0) is 18.1. The van der Waals surface area contributed by atoms with Crippen LogP contribution in [0.4, 0.5) is 0 Å². The predicted molar refractivity (Wildman–Crippen MR) is 103 cm³/mol. The summed E-state index contributed by atoms with van der Waals surface area (Å²) in [6.45, 7) is 6.24. The van der Waals surface area contributed by atoms with E-state index in [2.05, 4.69) is 40.7 Å². The van der Waals surface area contributed by atoms with Crippen LogP contribution in [-0.2, 0) is 4.74 Å². The molecule has 0 aliphatic carbocycles. The molecule has 1 aromatic carbocycles. The third-order valence-corrected chi connectivity index (χ3v) is 5.87. The molecule has 2 aromatic heterocycles. The number of para-hydroxylation sites is 1. The van der Waals surface area contributed by atoms with Crippen molar-refractivity contribution in [2.45, 2.75) is 56.2 Å². The van der Waals surface area contributed by atoms with E-state index < -0.39 is 0 Å². The number of furan rings is 1. The fraction of sp³-hybridized carbons (Fsp3) is 0.400. The first-order chi connectivity index (χ1) is 12.6. The van der Waals surface area contributed by atoms with Crippen LogP contribution in [0.5, 0.6) is 0 Å². The van der Waals surface area contributed by atoms with E-state index in [1.807, 2.05) is 31.2 Å². The molecule has 1 saturated heterocycles. The molecule has 0 bridgehead atoms. The van der Waals surface area contributed by atoms with E-state index in [0.717, 1.165) is 40.8 Å². The molecular formula is C20H23N3O2S. The summed E-state index contributed by atoms with van der Waals surface area (Å²) in [4.78, 5) is 0. The van der Waals surface area contributed by atoms with Crippen molar-refractivity contribution in [2.24, 2.45) is 0 Å². The molecule has 3 atom stereocenters. The van der Waals surface area contributed by atoms with Crippen molar-refractivity contribution in [3.8, 4) is 17.1 Å². The SMILES string of the molecule is Cc1occc1-c1nnc(SC2C[C@@H](C)O[C@@H](C)C2)n1-c1ccccc1. The Morgan fingerprint density at radius 3 is 2.42 bits per heavy atom. The number of aryl methyl sites for hydroxylation is 1. The van der Waals surface area contributed by atoms with Gasteiger partial charge in [-0.2, -0.15) is 0 Å². The number of benzene rings is 1. The quantitative estimate of drug-likeness (QED) is 0.656. The first-order valence-corrected chi connectivity index (χ1v) is 9.87. The highest BCUT2D eigenvalue weighted by molar-refractivity contribution is 7.99. The average Bonchev–Trinajstić information content (AvgIpc) is 3.20. The van der Waals surface area contributed by atoms with Gasteiger partial charge >= 0.3 is 0 Å². The van der Waals surface area contributed by atoms with Crippen molar-refractivity contribution in [1.29, 1.82) is 0 Å². The molecule has 0 amide bonds. The number of rotatable bonds is 4. The van der Waals surface area contributed by atoms with Crippen LogP contribution in [-0.4, -0.2) is 32.2 Å². The van der Waals surface area contributed by atoms with Crippen molar-refractivity contribution < 1.29 is 9.15 Å². The number of thioether (sulfide) groups is 1. The van der Waals surface area contributed by atoms with Crippen LogP contribution >= 0.6 is 11.8 Å². The highest BCUT2D eigenvalue weighted by Crippen LogP contribution is 2.36. The zero-order valence-electron chi connectivity index (χ0n) is 15.3. The minimum absolute atomic E-state index is 0.278. The summed E-state index contributed by atoms with van der Waals surface area (Å²) >= 11 is 1.80. The van der Waals surface area contributed by atoms with Crippen molar-refractivity contribution in [1.82, 2.24) is 14.8 Å². The molecule has 0 radical (unpaired) electrons. The van der Waals surface area contributed by atoms with Crippen molar-refractivity contribution in [3.05, 3.63) is 48.4 Å². The molecule has 1 unspecified atom stereocenters. The number of ether oxygens (including phenoxy) is 1. The molecule has 136 valence electrons. The smallest absolute Gasteiger partial charge is 0.196 e. The Kier molecular flexibility index (Phi) is 4.87. The number of aromatic nitrogens is 3. The molecule has 4 rings (SSSR count). The summed E-state index contributed by atoms with van der Waals surface area (Å²) in [6.07, 6.45) is 4.30. The summed E-state index contributed by atoms with van der Waals surface area (Å²) in [7, 11) is 0. The maximum Gasteiger partial charge on any atom is 0.196 e. The lowest BCUT2D eigenvalue weighted by Crippen LogP contribution is -2.30. The second kappa shape index (κ2) is 7.29. The first-order valence-electron chi connectivity index (χ1n) is 8.99. The normalized spacial score (nSPS) is 23.3. The Balaban J connectivity index is 1.73. The van der Waals surface area contributed by atoms with Gasteiger partial charge < -0.3 is 9.15 Å². The Morgan fingerprint density at radius 2 is 1.77 bits per heavy atom. The fourth-order valence-electron chi connectivity index (χ4n) is 3.54. The van der Waals surface area contributed by atoms with Crippen LogP contribution in [0, 0.1) is 6.92 Å². The van der Waals surface area contributed by atoms with E-state index in [-0.39, 0.29) is 12.2 Å². The second-order valence-corrected chi connectivity index (χ2v) is 8.10. The summed E-state index contributed by atoms with van der Waals surface area (Å²) in [5, 5.41) is 10.4. The molecule has 0 N–H and O–H groups in total. The first kappa shape index (κ1) is 17.4. The van der Waals surface area contributed by atoms with Crippen LogP contribution in [0.25, 0.3) is 17.1 Å². The third-order valence-electron chi connectivity index (χ3n) is 4.67. The third kappa shape index (κ3) is 3.44. The van der Waals surface area contributed by atoms with E-state index >= 15 is 0 Å². The van der Waals surface area contributed by atoms with Gasteiger partial charge in [0.1, 0.15) is 5.76 Å². The van der Waals surface area contributed by atoms with Crippen molar-refractivity contribution in [3.63, 3.8) is 0 Å². The van der Waals surface area contributed by atoms with E-state index in [9.17, 15) is 0 Å². The molecule has 6 heteroatoms. The topological polar surface area (TPSA) is 53.1 Å². The Morgan fingerprint density at radius 1 is 1.04 bits per heavy atom. The minimum Gasteiger partial charge on any atom is -0.469 e. The van der Waals surface area contributed by atoms with Gasteiger partial charge in [0, 0.05) is 10.9 Å². The molecule has 3 heterocycles. The summed E-state index contributed by atoms with van der Waals surface area (Å²) in [5.41, 5.74) is 2.03. The summed E-state index contributed by atoms with van der Waals surface area (Å²) < 4.78 is 13.5. The monoisotopic (exact) mass is 369 g/mol. The predicted octanol–water partition coefficient (Wildman–Crippen LogP) is 4.88. The van der Waals surface area contributed by atoms with E-state index in [0.29, 0.717) is 5.25 Å². The molecule has 1 aliphatic rings. The van der Waals surface area contributed by atoms with Crippen LogP contribution in [0.15, 0.2) is 52.2 Å². The summed E-state index contributed by atoms with van der Waals surface area (Å²) in [5.74, 6) is 1.66. The fourth-order valence-corrected chi connectivity index (χ4v) is 4.96. The lowest BCUT2D eigenvalue weighted by atomic mass is 10.1. The number of hydrogen-bond donors (Lipinski definition) is 0. The molecule has 0 saturated carbocycles. The van der Waals surface area contributed by atoms with Gasteiger partial charge in [-0.3, -0.25) is 4.57 Å². The Labute approximate surface area is 157 Å². The van der Waals surface area contributed by atoms with E-state index in [1.54, 1.807) is 18.0 Å². The lowest BCUT2D eigenvalue weighted by molar-refractivity contribution is -0.0265. The minimum atomic E-state index is 0.278. The second-order valence-electron chi connectivity index (χ2n) is 6.84. The van der Waals surface area contributed by atoms with Gasteiger partial charge in [-0.15, -0.1) is 10.2 Å². The molecule has 1 fully saturated rings. The maximum absolute atomic E-state index is 5.88. The molecule has 5 nitrogen and oxygen atoms in total.